The summed E-state index contributed by atoms with van der Waals surface area (Å²) in [5.74, 6) is 0.377. The molecule has 1 aromatic carbocycles. The first-order valence-electron chi connectivity index (χ1n) is 9.04. The van der Waals surface area contributed by atoms with E-state index in [-0.39, 0.29) is 11.7 Å². The van der Waals surface area contributed by atoms with Gasteiger partial charge in [-0.1, -0.05) is 16.6 Å². The Bertz CT molecular complexity index is 743. The van der Waals surface area contributed by atoms with Crippen molar-refractivity contribution in [3.8, 4) is 0 Å². The number of benzene rings is 1. The fraction of sp³-hybridized carbons (Fsp3) is 0.526. The summed E-state index contributed by atoms with van der Waals surface area (Å²) >= 11 is 1.17. The molecule has 0 aliphatic carbocycles. The van der Waals surface area contributed by atoms with E-state index in [9.17, 15) is 9.18 Å². The Morgan fingerprint density at radius 3 is 2.81 bits per heavy atom. The Kier molecular flexibility index (Phi) is 6.32. The van der Waals surface area contributed by atoms with E-state index in [1.165, 1.54) is 17.6 Å². The number of aryl methyl sites for hydroxylation is 1. The minimum absolute atomic E-state index is 0.0195. The summed E-state index contributed by atoms with van der Waals surface area (Å²) in [7, 11) is 1.86. The van der Waals surface area contributed by atoms with Gasteiger partial charge in [0.2, 0.25) is 0 Å². The lowest BCUT2D eigenvalue weighted by atomic mass is 9.96. The standard InChI is InChI=1S/C19H25FN4OS/c1-14-18(26-22-21-14)19(25)23(2)13-16-7-10-24(11-8-16)9-6-15-4-3-5-17(20)12-15/h3-5,12,16H,6-11,13H2,1-2H3. The van der Waals surface area contributed by atoms with Crippen molar-refractivity contribution in [2.45, 2.75) is 26.2 Å². The first-order chi connectivity index (χ1) is 12.5. The average Bonchev–Trinajstić information content (AvgIpc) is 3.06. The minimum atomic E-state index is -0.166. The topological polar surface area (TPSA) is 49.3 Å². The van der Waals surface area contributed by atoms with Crippen LogP contribution in [0.1, 0.15) is 33.8 Å². The second-order valence-electron chi connectivity index (χ2n) is 7.04. The monoisotopic (exact) mass is 376 g/mol. The molecule has 2 heterocycles. The van der Waals surface area contributed by atoms with Crippen LogP contribution in [-0.4, -0.2) is 58.5 Å². The molecule has 0 unspecified atom stereocenters. The number of hydrogen-bond donors (Lipinski definition) is 0. The Labute approximate surface area is 158 Å². The molecular weight excluding hydrogens is 351 g/mol. The number of piperidine rings is 1. The summed E-state index contributed by atoms with van der Waals surface area (Å²) in [6.07, 6.45) is 3.04. The minimum Gasteiger partial charge on any atom is -0.341 e. The predicted molar refractivity (Wildman–Crippen MR) is 101 cm³/mol. The van der Waals surface area contributed by atoms with Gasteiger partial charge in [0.15, 0.2) is 0 Å². The van der Waals surface area contributed by atoms with Crippen LogP contribution in [-0.2, 0) is 6.42 Å². The second-order valence-corrected chi connectivity index (χ2v) is 7.79. The lowest BCUT2D eigenvalue weighted by molar-refractivity contribution is 0.0744. The van der Waals surface area contributed by atoms with E-state index in [1.54, 1.807) is 17.0 Å². The molecule has 1 aromatic heterocycles. The van der Waals surface area contributed by atoms with Gasteiger partial charge in [0, 0.05) is 20.1 Å². The third-order valence-electron chi connectivity index (χ3n) is 5.04. The Morgan fingerprint density at radius 1 is 1.38 bits per heavy atom. The van der Waals surface area contributed by atoms with Crippen molar-refractivity contribution in [2.75, 3.05) is 33.2 Å². The van der Waals surface area contributed by atoms with Crippen LogP contribution in [0, 0.1) is 18.7 Å². The molecule has 7 heteroatoms. The van der Waals surface area contributed by atoms with Crippen LogP contribution in [0.4, 0.5) is 4.39 Å². The fourth-order valence-electron chi connectivity index (χ4n) is 3.44. The van der Waals surface area contributed by atoms with Gasteiger partial charge < -0.3 is 9.80 Å². The molecule has 1 saturated heterocycles. The third-order valence-corrected chi connectivity index (χ3v) is 5.85. The van der Waals surface area contributed by atoms with Crippen LogP contribution < -0.4 is 0 Å². The van der Waals surface area contributed by atoms with E-state index in [0.29, 0.717) is 16.5 Å². The lowest BCUT2D eigenvalue weighted by Crippen LogP contribution is -2.40. The largest absolute Gasteiger partial charge is 0.341 e. The number of rotatable bonds is 6. The summed E-state index contributed by atoms with van der Waals surface area (Å²) in [4.78, 5) is 17.3. The van der Waals surface area contributed by atoms with Crippen LogP contribution in [0.3, 0.4) is 0 Å². The number of nitrogens with zero attached hydrogens (tertiary/aromatic N) is 4. The van der Waals surface area contributed by atoms with Crippen molar-refractivity contribution in [2.24, 2.45) is 5.92 Å². The maximum atomic E-state index is 13.2. The molecule has 0 radical (unpaired) electrons. The van der Waals surface area contributed by atoms with E-state index >= 15 is 0 Å². The van der Waals surface area contributed by atoms with E-state index in [2.05, 4.69) is 14.5 Å². The van der Waals surface area contributed by atoms with Gasteiger partial charge >= 0.3 is 0 Å². The Hall–Kier alpha value is -1.86. The normalized spacial score (nSPS) is 16.0. The Balaban J connectivity index is 1.42. The summed E-state index contributed by atoms with van der Waals surface area (Å²) in [6, 6.07) is 6.84. The number of amides is 1. The van der Waals surface area contributed by atoms with Crippen molar-refractivity contribution in [1.29, 1.82) is 0 Å². The molecule has 1 amide bonds. The maximum Gasteiger partial charge on any atom is 0.267 e. The molecule has 1 aliphatic heterocycles. The van der Waals surface area contributed by atoms with Gasteiger partial charge in [-0.25, -0.2) is 4.39 Å². The molecule has 0 atom stereocenters. The molecule has 2 aromatic rings. The van der Waals surface area contributed by atoms with Crippen LogP contribution in [0.25, 0.3) is 0 Å². The highest BCUT2D eigenvalue weighted by Gasteiger charge is 2.24. The molecule has 5 nitrogen and oxygen atoms in total. The average molecular weight is 377 g/mol. The zero-order valence-corrected chi connectivity index (χ0v) is 16.1. The van der Waals surface area contributed by atoms with E-state index in [0.717, 1.165) is 51.0 Å². The molecule has 0 N–H and O–H groups in total. The van der Waals surface area contributed by atoms with Crippen molar-refractivity contribution in [3.05, 3.63) is 46.2 Å². The maximum absolute atomic E-state index is 13.2. The summed E-state index contributed by atoms with van der Waals surface area (Å²) in [6.45, 7) is 5.61. The van der Waals surface area contributed by atoms with Gasteiger partial charge in [-0.15, -0.1) is 5.10 Å². The van der Waals surface area contributed by atoms with Gasteiger partial charge in [0.1, 0.15) is 10.7 Å². The summed E-state index contributed by atoms with van der Waals surface area (Å²) in [5, 5.41) is 3.92. The molecule has 1 aliphatic rings. The number of halogens is 1. The van der Waals surface area contributed by atoms with Crippen LogP contribution >= 0.6 is 11.5 Å². The lowest BCUT2D eigenvalue weighted by Gasteiger charge is -2.33. The number of carbonyl (C=O) groups is 1. The van der Waals surface area contributed by atoms with Crippen molar-refractivity contribution in [1.82, 2.24) is 19.4 Å². The van der Waals surface area contributed by atoms with Crippen LogP contribution in [0.5, 0.6) is 0 Å². The smallest absolute Gasteiger partial charge is 0.267 e. The summed E-state index contributed by atoms with van der Waals surface area (Å²) < 4.78 is 17.1. The number of carbonyl (C=O) groups excluding carboxylic acids is 1. The SMILES string of the molecule is Cc1nnsc1C(=O)N(C)CC1CCN(CCc2cccc(F)c2)CC1. The Morgan fingerprint density at radius 2 is 2.15 bits per heavy atom. The molecule has 1 fully saturated rings. The highest BCUT2D eigenvalue weighted by molar-refractivity contribution is 7.07. The second kappa shape index (κ2) is 8.68. The first-order valence-corrected chi connectivity index (χ1v) is 9.81. The summed E-state index contributed by atoms with van der Waals surface area (Å²) in [5.41, 5.74) is 1.75. The van der Waals surface area contributed by atoms with E-state index < -0.39 is 0 Å². The van der Waals surface area contributed by atoms with Gasteiger partial charge in [0.25, 0.3) is 5.91 Å². The third kappa shape index (κ3) is 4.86. The molecule has 140 valence electrons. The molecule has 3 rings (SSSR count). The van der Waals surface area contributed by atoms with Gasteiger partial charge in [-0.3, -0.25) is 4.79 Å². The number of aromatic nitrogens is 2. The van der Waals surface area contributed by atoms with E-state index in [1.807, 2.05) is 20.0 Å². The molecule has 0 saturated carbocycles. The van der Waals surface area contributed by atoms with Crippen molar-refractivity contribution >= 4 is 17.4 Å². The molecule has 0 bridgehead atoms. The van der Waals surface area contributed by atoms with Crippen molar-refractivity contribution in [3.63, 3.8) is 0 Å². The van der Waals surface area contributed by atoms with Crippen LogP contribution in [0.15, 0.2) is 24.3 Å². The molecule has 0 spiro atoms. The van der Waals surface area contributed by atoms with E-state index in [4.69, 9.17) is 0 Å². The number of hydrogen-bond acceptors (Lipinski definition) is 5. The zero-order chi connectivity index (χ0) is 18.5. The highest BCUT2D eigenvalue weighted by atomic mass is 32.1. The predicted octanol–water partition coefficient (Wildman–Crippen LogP) is 3.01. The zero-order valence-electron chi connectivity index (χ0n) is 15.3. The molecule has 26 heavy (non-hydrogen) atoms. The fourth-order valence-corrected chi connectivity index (χ4v) is 4.10. The van der Waals surface area contributed by atoms with Gasteiger partial charge in [0.05, 0.1) is 5.69 Å². The van der Waals surface area contributed by atoms with Crippen LogP contribution in [0.2, 0.25) is 0 Å². The highest BCUT2D eigenvalue weighted by Crippen LogP contribution is 2.20. The van der Waals surface area contributed by atoms with Gasteiger partial charge in [-0.2, -0.15) is 0 Å². The first kappa shape index (κ1) is 18.9. The van der Waals surface area contributed by atoms with Gasteiger partial charge in [-0.05, 0) is 74.4 Å². The van der Waals surface area contributed by atoms with Crippen molar-refractivity contribution < 1.29 is 9.18 Å². The number of likely N-dealkylation sites (tertiary alicyclic amines) is 1. The molecular formula is C19H25FN4OS. The quantitative estimate of drug-likeness (QED) is 0.778.